The Balaban J connectivity index is 1.99. The first-order valence-corrected chi connectivity index (χ1v) is 7.76. The van der Waals surface area contributed by atoms with Gasteiger partial charge in [-0.15, -0.1) is 0 Å². The van der Waals surface area contributed by atoms with Crippen molar-refractivity contribution in [1.82, 2.24) is 4.98 Å². The maximum Gasteiger partial charge on any atom is 0.125 e. The van der Waals surface area contributed by atoms with Crippen molar-refractivity contribution in [2.24, 2.45) is 5.73 Å². The van der Waals surface area contributed by atoms with E-state index in [4.69, 9.17) is 16.1 Å². The molecule has 3 N–H and O–H groups in total. The highest BCUT2D eigenvalue weighted by atomic mass is 32.2. The molecule has 0 spiro atoms. The van der Waals surface area contributed by atoms with Crippen LogP contribution in [0.25, 0.3) is 0 Å². The van der Waals surface area contributed by atoms with Gasteiger partial charge >= 0.3 is 0 Å². The van der Waals surface area contributed by atoms with E-state index in [9.17, 15) is 4.39 Å². The van der Waals surface area contributed by atoms with Crippen LogP contribution in [0.3, 0.4) is 0 Å². The Bertz CT molecular complexity index is 683. The minimum absolute atomic E-state index is 0.0282. The molecule has 108 valence electrons. The monoisotopic (exact) mass is 301 g/mol. The van der Waals surface area contributed by atoms with Gasteiger partial charge in [0.05, 0.1) is 0 Å². The summed E-state index contributed by atoms with van der Waals surface area (Å²) in [6, 6.07) is 8.27. The highest BCUT2D eigenvalue weighted by molar-refractivity contribution is 7.99. The summed E-state index contributed by atoms with van der Waals surface area (Å²) < 4.78 is 13.0. The number of nitrogens with zero attached hydrogens (tertiary/aromatic N) is 1. The van der Waals surface area contributed by atoms with Crippen molar-refractivity contribution in [1.29, 1.82) is 5.41 Å². The van der Waals surface area contributed by atoms with Gasteiger partial charge in [0.25, 0.3) is 0 Å². The van der Waals surface area contributed by atoms with Crippen LogP contribution < -0.4 is 5.73 Å². The fourth-order valence-electron chi connectivity index (χ4n) is 2.50. The van der Waals surface area contributed by atoms with Gasteiger partial charge in [0.1, 0.15) is 16.7 Å². The summed E-state index contributed by atoms with van der Waals surface area (Å²) in [5, 5.41) is 8.49. The minimum atomic E-state index is -0.260. The van der Waals surface area contributed by atoms with E-state index in [-0.39, 0.29) is 11.7 Å². The van der Waals surface area contributed by atoms with Crippen LogP contribution >= 0.6 is 11.8 Å². The number of amidine groups is 1. The fourth-order valence-corrected chi connectivity index (χ4v) is 3.43. The number of halogens is 1. The van der Waals surface area contributed by atoms with Crippen LogP contribution in [0.5, 0.6) is 0 Å². The Morgan fingerprint density at radius 3 is 2.62 bits per heavy atom. The van der Waals surface area contributed by atoms with E-state index in [0.717, 1.165) is 41.3 Å². The number of nitrogens with two attached hydrogens (primary N) is 1. The molecule has 0 saturated heterocycles. The summed E-state index contributed by atoms with van der Waals surface area (Å²) >= 11 is 1.43. The number of nitrogen functional groups attached to an aromatic ring is 1. The second-order valence-corrected chi connectivity index (χ2v) is 6.19. The Morgan fingerprint density at radius 2 is 1.90 bits per heavy atom. The van der Waals surface area contributed by atoms with Crippen molar-refractivity contribution >= 4 is 17.6 Å². The second kappa shape index (κ2) is 5.85. The maximum atomic E-state index is 13.0. The SMILES string of the molecule is N=C(N)c1cc2c(nc1Sc1ccc(F)cc1)CCCC2. The largest absolute Gasteiger partial charge is 0.384 e. The molecule has 5 heteroatoms. The molecule has 0 bridgehead atoms. The van der Waals surface area contributed by atoms with E-state index in [0.29, 0.717) is 5.56 Å². The van der Waals surface area contributed by atoms with Gasteiger partial charge in [-0.25, -0.2) is 9.37 Å². The first-order valence-electron chi connectivity index (χ1n) is 6.94. The van der Waals surface area contributed by atoms with Crippen LogP contribution in [0, 0.1) is 11.2 Å². The van der Waals surface area contributed by atoms with Gasteiger partial charge in [-0.05, 0) is 61.6 Å². The third-order valence-electron chi connectivity index (χ3n) is 3.58. The van der Waals surface area contributed by atoms with E-state index in [2.05, 4.69) is 0 Å². The quantitative estimate of drug-likeness (QED) is 0.673. The van der Waals surface area contributed by atoms with Gasteiger partial charge in [-0.2, -0.15) is 0 Å². The van der Waals surface area contributed by atoms with Gasteiger partial charge in [0.15, 0.2) is 0 Å². The van der Waals surface area contributed by atoms with E-state index in [1.54, 1.807) is 12.1 Å². The Hall–Kier alpha value is -1.88. The van der Waals surface area contributed by atoms with Crippen LogP contribution in [0.15, 0.2) is 40.3 Å². The molecule has 0 aliphatic heterocycles. The number of fused-ring (bicyclic) bond motifs is 1. The van der Waals surface area contributed by atoms with Crippen molar-refractivity contribution in [3.05, 3.63) is 53.0 Å². The van der Waals surface area contributed by atoms with Gasteiger partial charge in [0, 0.05) is 16.2 Å². The van der Waals surface area contributed by atoms with Crippen molar-refractivity contribution in [2.45, 2.75) is 35.6 Å². The molecule has 1 aliphatic rings. The van der Waals surface area contributed by atoms with E-state index >= 15 is 0 Å². The lowest BCUT2D eigenvalue weighted by molar-refractivity contribution is 0.626. The topological polar surface area (TPSA) is 62.8 Å². The molecule has 1 heterocycles. The lowest BCUT2D eigenvalue weighted by Crippen LogP contribution is -2.16. The average Bonchev–Trinajstić information content (AvgIpc) is 2.48. The first kappa shape index (κ1) is 14.1. The molecular weight excluding hydrogens is 285 g/mol. The van der Waals surface area contributed by atoms with Crippen molar-refractivity contribution in [3.8, 4) is 0 Å². The molecule has 0 saturated carbocycles. The zero-order valence-electron chi connectivity index (χ0n) is 11.5. The number of hydrogen-bond acceptors (Lipinski definition) is 3. The van der Waals surface area contributed by atoms with Crippen LogP contribution in [0.2, 0.25) is 0 Å². The number of benzene rings is 1. The molecule has 2 aromatic rings. The number of aromatic nitrogens is 1. The molecule has 0 fully saturated rings. The van der Waals surface area contributed by atoms with Crippen molar-refractivity contribution in [2.75, 3.05) is 0 Å². The smallest absolute Gasteiger partial charge is 0.125 e. The molecule has 3 rings (SSSR count). The Kier molecular flexibility index (Phi) is 3.92. The van der Waals surface area contributed by atoms with E-state index in [1.165, 1.54) is 29.5 Å². The average molecular weight is 301 g/mol. The first-order chi connectivity index (χ1) is 10.1. The number of hydrogen-bond donors (Lipinski definition) is 2. The number of pyridine rings is 1. The zero-order valence-corrected chi connectivity index (χ0v) is 12.3. The van der Waals surface area contributed by atoms with E-state index < -0.39 is 0 Å². The van der Waals surface area contributed by atoms with Gasteiger partial charge < -0.3 is 5.73 Å². The van der Waals surface area contributed by atoms with Crippen LogP contribution in [0.1, 0.15) is 29.7 Å². The second-order valence-electron chi connectivity index (χ2n) is 5.12. The molecule has 0 radical (unpaired) electrons. The van der Waals surface area contributed by atoms with Gasteiger partial charge in [-0.1, -0.05) is 11.8 Å². The summed E-state index contributed by atoms with van der Waals surface area (Å²) in [4.78, 5) is 5.59. The predicted octanol–water partition coefficient (Wildman–Crippen LogP) is 3.53. The van der Waals surface area contributed by atoms with Gasteiger partial charge in [0.2, 0.25) is 0 Å². The third-order valence-corrected chi connectivity index (χ3v) is 4.60. The molecule has 1 aliphatic carbocycles. The Morgan fingerprint density at radius 1 is 1.19 bits per heavy atom. The molecule has 1 aromatic carbocycles. The van der Waals surface area contributed by atoms with Gasteiger partial charge in [-0.3, -0.25) is 5.41 Å². The molecule has 1 aromatic heterocycles. The third kappa shape index (κ3) is 3.08. The standard InChI is InChI=1S/C16H16FN3S/c17-11-5-7-12(8-6-11)21-16-13(15(18)19)9-10-3-1-2-4-14(10)20-16/h5-9H,1-4H2,(H3,18,19). The zero-order chi connectivity index (χ0) is 14.8. The summed E-state index contributed by atoms with van der Waals surface area (Å²) in [5.41, 5.74) is 8.68. The summed E-state index contributed by atoms with van der Waals surface area (Å²) in [6.07, 6.45) is 4.30. The normalized spacial score (nSPS) is 13.8. The van der Waals surface area contributed by atoms with Crippen LogP contribution in [0.4, 0.5) is 4.39 Å². The minimum Gasteiger partial charge on any atom is -0.384 e. The summed E-state index contributed by atoms with van der Waals surface area (Å²) in [6.45, 7) is 0. The van der Waals surface area contributed by atoms with Crippen molar-refractivity contribution in [3.63, 3.8) is 0 Å². The molecule has 0 atom stereocenters. The fraction of sp³-hybridized carbons (Fsp3) is 0.250. The lowest BCUT2D eigenvalue weighted by atomic mass is 9.95. The van der Waals surface area contributed by atoms with E-state index in [1.807, 2.05) is 6.07 Å². The summed E-state index contributed by atoms with van der Waals surface area (Å²) in [5.74, 6) is -0.231. The summed E-state index contributed by atoms with van der Waals surface area (Å²) in [7, 11) is 0. The highest BCUT2D eigenvalue weighted by Gasteiger charge is 2.17. The van der Waals surface area contributed by atoms with Crippen LogP contribution in [-0.2, 0) is 12.8 Å². The predicted molar refractivity (Wildman–Crippen MR) is 82.4 cm³/mol. The molecule has 21 heavy (non-hydrogen) atoms. The highest BCUT2D eigenvalue weighted by Crippen LogP contribution is 2.32. The number of aryl methyl sites for hydroxylation is 2. The number of rotatable bonds is 3. The number of nitrogens with one attached hydrogen (secondary N) is 1. The molecule has 3 nitrogen and oxygen atoms in total. The van der Waals surface area contributed by atoms with Crippen LogP contribution in [-0.4, -0.2) is 10.8 Å². The maximum absolute atomic E-state index is 13.0. The Labute approximate surface area is 127 Å². The van der Waals surface area contributed by atoms with Crippen molar-refractivity contribution < 1.29 is 4.39 Å². The molecule has 0 unspecified atom stereocenters. The molecular formula is C16H16FN3S. The lowest BCUT2D eigenvalue weighted by Gasteiger charge is -2.18. The molecule has 0 amide bonds.